The monoisotopic (exact) mass is 477 g/mol. The molecule has 0 aliphatic carbocycles. The van der Waals surface area contributed by atoms with E-state index in [-0.39, 0.29) is 30.3 Å². The van der Waals surface area contributed by atoms with Crippen molar-refractivity contribution in [2.45, 2.75) is 91.8 Å². The number of aliphatic hydroxyl groups excluding tert-OH is 1. The van der Waals surface area contributed by atoms with E-state index in [1.807, 2.05) is 71.9 Å². The van der Waals surface area contributed by atoms with Gasteiger partial charge in [-0.25, -0.2) is 4.79 Å². The average Bonchev–Trinajstić information content (AvgIpc) is 2.76. The first kappa shape index (κ1) is 29.6. The molecule has 0 aliphatic heterocycles. The first-order chi connectivity index (χ1) is 16.0. The van der Waals surface area contributed by atoms with Gasteiger partial charge in [0.05, 0.1) is 18.1 Å². The van der Waals surface area contributed by atoms with Crippen LogP contribution in [0.4, 0.5) is 4.79 Å². The van der Waals surface area contributed by atoms with E-state index in [2.05, 4.69) is 16.0 Å². The van der Waals surface area contributed by atoms with E-state index in [1.54, 1.807) is 0 Å². The van der Waals surface area contributed by atoms with Crippen LogP contribution in [0.25, 0.3) is 0 Å². The summed E-state index contributed by atoms with van der Waals surface area (Å²) in [5.74, 6) is 0.251. The van der Waals surface area contributed by atoms with Gasteiger partial charge in [-0.15, -0.1) is 0 Å². The highest BCUT2D eigenvalue weighted by Crippen LogP contribution is 2.12. The molecule has 0 radical (unpaired) electrons. The van der Waals surface area contributed by atoms with Crippen LogP contribution in [0.5, 0.6) is 0 Å². The Morgan fingerprint density at radius 2 is 1.50 bits per heavy atom. The molecule has 0 bridgehead atoms. The van der Waals surface area contributed by atoms with Crippen molar-refractivity contribution in [1.82, 2.24) is 16.0 Å². The van der Waals surface area contributed by atoms with Crippen LogP contribution >= 0.6 is 0 Å². The fourth-order valence-corrected chi connectivity index (χ4v) is 3.67. The van der Waals surface area contributed by atoms with Crippen molar-refractivity contribution in [2.24, 2.45) is 17.8 Å². The minimum Gasteiger partial charge on any atom is -0.445 e. The fraction of sp³-hybridized carbons (Fsp3) is 0.654. The molecule has 1 unspecified atom stereocenters. The smallest absolute Gasteiger partial charge is 0.407 e. The Bertz CT molecular complexity index is 739. The summed E-state index contributed by atoms with van der Waals surface area (Å²) in [6.07, 6.45) is 0.403. The molecule has 0 spiro atoms. The second-order valence-corrected chi connectivity index (χ2v) is 10.1. The number of hydrogen-bond acceptors (Lipinski definition) is 6. The molecule has 0 aliphatic rings. The molecular formula is C26H43N3O5. The van der Waals surface area contributed by atoms with Crippen LogP contribution in [0.3, 0.4) is 0 Å². The highest BCUT2D eigenvalue weighted by atomic mass is 16.5. The van der Waals surface area contributed by atoms with Crippen LogP contribution < -0.4 is 16.0 Å². The Morgan fingerprint density at radius 1 is 0.912 bits per heavy atom. The maximum atomic E-state index is 12.9. The molecule has 8 nitrogen and oxygen atoms in total. The highest BCUT2D eigenvalue weighted by Gasteiger charge is 2.29. The van der Waals surface area contributed by atoms with Crippen molar-refractivity contribution in [3.05, 3.63) is 35.9 Å². The predicted octanol–water partition coefficient (Wildman–Crippen LogP) is 3.38. The second-order valence-electron chi connectivity index (χ2n) is 10.1. The van der Waals surface area contributed by atoms with E-state index >= 15 is 0 Å². The van der Waals surface area contributed by atoms with Crippen molar-refractivity contribution in [1.29, 1.82) is 0 Å². The van der Waals surface area contributed by atoms with Gasteiger partial charge in [0.2, 0.25) is 5.91 Å². The van der Waals surface area contributed by atoms with Crippen LogP contribution in [0.2, 0.25) is 0 Å². The third-order valence-electron chi connectivity index (χ3n) is 5.24. The van der Waals surface area contributed by atoms with Crippen LogP contribution in [-0.2, 0) is 20.9 Å². The summed E-state index contributed by atoms with van der Waals surface area (Å²) in [5, 5.41) is 19.4. The van der Waals surface area contributed by atoms with Gasteiger partial charge in [-0.1, -0.05) is 71.9 Å². The quantitative estimate of drug-likeness (QED) is 0.227. The van der Waals surface area contributed by atoms with Gasteiger partial charge in [-0.3, -0.25) is 10.1 Å². The van der Waals surface area contributed by atoms with Crippen LogP contribution in [0, 0.1) is 17.8 Å². The summed E-state index contributed by atoms with van der Waals surface area (Å²) >= 11 is 0. The Labute approximate surface area is 204 Å². The van der Waals surface area contributed by atoms with Gasteiger partial charge >= 0.3 is 6.09 Å². The number of aliphatic hydroxyl groups is 1. The third kappa shape index (κ3) is 12.1. The molecule has 0 aromatic heterocycles. The molecule has 192 valence electrons. The Hall–Kier alpha value is -2.45. The maximum absolute atomic E-state index is 12.9. The molecule has 8 heteroatoms. The number of carbonyl (C=O) groups excluding carboxylic acids is 3. The maximum Gasteiger partial charge on any atom is 0.407 e. The summed E-state index contributed by atoms with van der Waals surface area (Å²) in [6, 6.07) is 7.36. The molecule has 0 fully saturated rings. The van der Waals surface area contributed by atoms with Gasteiger partial charge in [0.25, 0.3) is 0 Å². The largest absolute Gasteiger partial charge is 0.445 e. The van der Waals surface area contributed by atoms with Crippen molar-refractivity contribution in [3.8, 4) is 0 Å². The molecule has 1 aromatic rings. The average molecular weight is 478 g/mol. The molecule has 0 saturated carbocycles. The first-order valence-corrected chi connectivity index (χ1v) is 12.2. The Kier molecular flexibility index (Phi) is 13.4. The zero-order valence-corrected chi connectivity index (χ0v) is 21.4. The number of alkyl carbamates (subject to hydrolysis) is 1. The van der Waals surface area contributed by atoms with Crippen LogP contribution in [0.15, 0.2) is 30.3 Å². The number of nitrogens with one attached hydrogen (secondary N) is 3. The number of amides is 2. The van der Waals surface area contributed by atoms with E-state index in [4.69, 9.17) is 4.74 Å². The lowest BCUT2D eigenvalue weighted by molar-refractivity contribution is -0.127. The summed E-state index contributed by atoms with van der Waals surface area (Å²) < 4.78 is 5.30. The minimum absolute atomic E-state index is 0.117. The lowest BCUT2D eigenvalue weighted by atomic mass is 9.99. The van der Waals surface area contributed by atoms with Gasteiger partial charge < -0.3 is 25.3 Å². The molecular weight excluding hydrogens is 434 g/mol. The highest BCUT2D eigenvalue weighted by molar-refractivity contribution is 5.84. The molecule has 1 aromatic carbocycles. The second kappa shape index (κ2) is 15.5. The first-order valence-electron chi connectivity index (χ1n) is 12.2. The van der Waals surface area contributed by atoms with Gasteiger partial charge in [0.1, 0.15) is 19.1 Å². The lowest BCUT2D eigenvalue weighted by Crippen LogP contribution is -2.58. The molecule has 2 amide bonds. The SMILES string of the molecule is CC(C)C[C@@H](C=O)NC(=O)[C@H](CC(C)C)NC(O)[C@H](CC(C)C)NC(=O)OCc1ccccc1. The molecule has 0 heterocycles. The standard InChI is InChI=1S/C26H43N3O5/c1-17(2)12-21(15-30)27-24(31)22(13-18(3)4)28-25(32)23(14-19(5)6)29-26(33)34-16-20-10-8-7-9-11-20/h7-11,15,17-19,21-23,25,28,32H,12-14,16H2,1-6H3,(H,27,31)(H,29,33)/t21-,22-,23-,25?/m0/s1. The Balaban J connectivity index is 2.83. The predicted molar refractivity (Wildman–Crippen MR) is 133 cm³/mol. The molecule has 4 atom stereocenters. The molecule has 4 N–H and O–H groups in total. The number of hydrogen-bond donors (Lipinski definition) is 4. The lowest BCUT2D eigenvalue weighted by Gasteiger charge is -2.30. The number of carbonyl (C=O) groups is 3. The van der Waals surface area contributed by atoms with Gasteiger partial charge in [-0.2, -0.15) is 0 Å². The van der Waals surface area contributed by atoms with E-state index < -0.39 is 30.4 Å². The summed E-state index contributed by atoms with van der Waals surface area (Å²) in [5.41, 5.74) is 0.858. The van der Waals surface area contributed by atoms with E-state index in [9.17, 15) is 19.5 Å². The minimum atomic E-state index is -1.18. The number of rotatable bonds is 15. The summed E-state index contributed by atoms with van der Waals surface area (Å²) in [7, 11) is 0. The van der Waals surface area contributed by atoms with Crippen LogP contribution in [0.1, 0.15) is 66.4 Å². The zero-order chi connectivity index (χ0) is 25.7. The fourth-order valence-electron chi connectivity index (χ4n) is 3.67. The topological polar surface area (TPSA) is 117 Å². The van der Waals surface area contributed by atoms with E-state index in [0.717, 1.165) is 11.8 Å². The summed E-state index contributed by atoms with van der Waals surface area (Å²) in [4.78, 5) is 36.8. The molecule has 1 rings (SSSR count). The normalized spacial score (nSPS) is 15.0. The zero-order valence-electron chi connectivity index (χ0n) is 21.4. The van der Waals surface area contributed by atoms with Gasteiger partial charge in [0.15, 0.2) is 0 Å². The number of benzene rings is 1. The third-order valence-corrected chi connectivity index (χ3v) is 5.24. The van der Waals surface area contributed by atoms with Crippen molar-refractivity contribution in [2.75, 3.05) is 0 Å². The Morgan fingerprint density at radius 3 is 2.03 bits per heavy atom. The van der Waals surface area contributed by atoms with Gasteiger partial charge in [-0.05, 0) is 42.6 Å². The van der Waals surface area contributed by atoms with Crippen molar-refractivity contribution < 1.29 is 24.2 Å². The van der Waals surface area contributed by atoms with E-state index in [1.165, 1.54) is 0 Å². The van der Waals surface area contributed by atoms with Crippen LogP contribution in [-0.4, -0.2) is 47.7 Å². The number of aldehydes is 1. The molecule has 0 saturated heterocycles. The molecule has 34 heavy (non-hydrogen) atoms. The summed E-state index contributed by atoms with van der Waals surface area (Å²) in [6.45, 7) is 12.0. The van der Waals surface area contributed by atoms with Crippen molar-refractivity contribution >= 4 is 18.3 Å². The van der Waals surface area contributed by atoms with Crippen molar-refractivity contribution in [3.63, 3.8) is 0 Å². The van der Waals surface area contributed by atoms with Gasteiger partial charge in [0, 0.05) is 0 Å². The van der Waals surface area contributed by atoms with E-state index in [0.29, 0.717) is 19.3 Å². The number of ether oxygens (including phenoxy) is 1.